The molecule has 0 fully saturated rings. The van der Waals surface area contributed by atoms with E-state index in [1.807, 2.05) is 0 Å². The summed E-state index contributed by atoms with van der Waals surface area (Å²) in [6.07, 6.45) is 0. The Bertz CT molecular complexity index is 517. The summed E-state index contributed by atoms with van der Waals surface area (Å²) in [5.41, 5.74) is 0.472. The van der Waals surface area contributed by atoms with Crippen molar-refractivity contribution in [1.29, 1.82) is 0 Å². The van der Waals surface area contributed by atoms with Crippen LogP contribution in [-0.4, -0.2) is 15.3 Å². The zero-order valence-electron chi connectivity index (χ0n) is 8.60. The first kappa shape index (κ1) is 12.1. The van der Waals surface area contributed by atoms with Gasteiger partial charge in [0, 0.05) is 11.1 Å². The van der Waals surface area contributed by atoms with Crippen molar-refractivity contribution in [2.24, 2.45) is 0 Å². The lowest BCUT2D eigenvalue weighted by Gasteiger charge is -2.06. The fourth-order valence-electron chi connectivity index (χ4n) is 1.16. The van der Waals surface area contributed by atoms with Gasteiger partial charge >= 0.3 is 0 Å². The van der Waals surface area contributed by atoms with E-state index in [9.17, 15) is 0 Å². The summed E-state index contributed by atoms with van der Waals surface area (Å²) >= 11 is 11.7. The van der Waals surface area contributed by atoms with Gasteiger partial charge in [-0.2, -0.15) is 0 Å². The van der Waals surface area contributed by atoms with Gasteiger partial charge in [0.2, 0.25) is 5.88 Å². The Kier molecular flexibility index (Phi) is 3.78. The van der Waals surface area contributed by atoms with Crippen molar-refractivity contribution < 1.29 is 9.84 Å². The number of hydrogen-bond donors (Lipinski definition) is 1. The number of nitrogens with zero attached hydrogens (tertiary/aromatic N) is 2. The van der Waals surface area contributed by atoms with Crippen LogP contribution in [0.5, 0.6) is 11.6 Å². The van der Waals surface area contributed by atoms with Crippen molar-refractivity contribution in [3.05, 3.63) is 46.1 Å². The maximum atomic E-state index is 8.81. The van der Waals surface area contributed by atoms with Gasteiger partial charge in [0.05, 0.1) is 17.3 Å². The highest BCUT2D eigenvalue weighted by Gasteiger charge is 2.05. The van der Waals surface area contributed by atoms with Crippen LogP contribution >= 0.6 is 23.2 Å². The smallest absolute Gasteiger partial charge is 0.238 e. The van der Waals surface area contributed by atoms with Gasteiger partial charge in [0.15, 0.2) is 0 Å². The lowest BCUT2D eigenvalue weighted by Crippen LogP contribution is -1.95. The van der Waals surface area contributed by atoms with Crippen LogP contribution in [0.1, 0.15) is 5.69 Å². The maximum Gasteiger partial charge on any atom is 0.238 e. The second-order valence-electron chi connectivity index (χ2n) is 3.20. The zero-order valence-corrected chi connectivity index (χ0v) is 10.1. The van der Waals surface area contributed by atoms with Gasteiger partial charge in [0.1, 0.15) is 5.75 Å². The number of benzene rings is 1. The van der Waals surface area contributed by atoms with E-state index in [0.717, 1.165) is 0 Å². The van der Waals surface area contributed by atoms with Gasteiger partial charge in [-0.3, -0.25) is 0 Å². The van der Waals surface area contributed by atoms with Crippen LogP contribution in [-0.2, 0) is 6.61 Å². The predicted octanol–water partition coefficient (Wildman–Crippen LogP) is 3.07. The molecule has 1 N–H and O–H groups in total. The highest BCUT2D eigenvalue weighted by Crippen LogP contribution is 2.30. The summed E-state index contributed by atoms with van der Waals surface area (Å²) in [5, 5.41) is 17.3. The van der Waals surface area contributed by atoms with E-state index in [0.29, 0.717) is 27.4 Å². The highest BCUT2D eigenvalue weighted by atomic mass is 35.5. The molecule has 0 saturated carbocycles. The van der Waals surface area contributed by atoms with Gasteiger partial charge in [-0.15, -0.1) is 10.2 Å². The quantitative estimate of drug-likeness (QED) is 0.932. The van der Waals surface area contributed by atoms with Crippen LogP contribution < -0.4 is 4.74 Å². The molecule has 0 aliphatic heterocycles. The molecule has 0 aliphatic carbocycles. The van der Waals surface area contributed by atoms with E-state index in [1.165, 1.54) is 0 Å². The van der Waals surface area contributed by atoms with Gasteiger partial charge in [-0.05, 0) is 24.3 Å². The fourth-order valence-corrected chi connectivity index (χ4v) is 1.60. The molecule has 17 heavy (non-hydrogen) atoms. The molecular weight excluding hydrogens is 263 g/mol. The Morgan fingerprint density at radius 2 is 1.94 bits per heavy atom. The predicted molar refractivity (Wildman–Crippen MR) is 64.5 cm³/mol. The number of ether oxygens (including phenoxy) is 1. The second kappa shape index (κ2) is 5.31. The van der Waals surface area contributed by atoms with Crippen LogP contribution in [0, 0.1) is 0 Å². The first-order chi connectivity index (χ1) is 8.19. The molecule has 0 unspecified atom stereocenters. The van der Waals surface area contributed by atoms with Gasteiger partial charge in [-0.25, -0.2) is 0 Å². The summed E-state index contributed by atoms with van der Waals surface area (Å²) in [6.45, 7) is -0.158. The molecule has 2 aromatic rings. The Morgan fingerprint density at radius 3 is 2.53 bits per heavy atom. The second-order valence-corrected chi connectivity index (χ2v) is 4.04. The van der Waals surface area contributed by atoms with Gasteiger partial charge in [0.25, 0.3) is 0 Å². The number of halogens is 2. The number of hydrogen-bond acceptors (Lipinski definition) is 4. The number of rotatable bonds is 3. The molecule has 0 amide bonds. The van der Waals surface area contributed by atoms with Crippen molar-refractivity contribution in [1.82, 2.24) is 10.2 Å². The third kappa shape index (κ3) is 3.06. The minimum absolute atomic E-state index is 0.158. The third-order valence-corrected chi connectivity index (χ3v) is 2.50. The van der Waals surface area contributed by atoms with Crippen molar-refractivity contribution in [3.63, 3.8) is 0 Å². The van der Waals surface area contributed by atoms with Crippen LogP contribution in [0.4, 0.5) is 0 Å². The normalized spacial score (nSPS) is 10.3. The lowest BCUT2D eigenvalue weighted by atomic mass is 10.3. The number of aliphatic hydroxyl groups excluding tert-OH is 1. The van der Waals surface area contributed by atoms with Crippen molar-refractivity contribution in [3.8, 4) is 11.6 Å². The topological polar surface area (TPSA) is 55.2 Å². The standard InChI is InChI=1S/C11H8Cl2N2O2/c12-7-1-3-10(9(13)5-7)17-11-4-2-8(6-16)14-15-11/h1-5,16H,6H2. The first-order valence-corrected chi connectivity index (χ1v) is 5.51. The van der Waals surface area contributed by atoms with Crippen molar-refractivity contribution >= 4 is 23.2 Å². The SMILES string of the molecule is OCc1ccc(Oc2ccc(Cl)cc2Cl)nn1. The molecule has 1 aromatic heterocycles. The molecule has 88 valence electrons. The van der Waals surface area contributed by atoms with Crippen LogP contribution in [0.2, 0.25) is 10.0 Å². The summed E-state index contributed by atoms with van der Waals surface area (Å²) in [6, 6.07) is 8.11. The van der Waals surface area contributed by atoms with Crippen LogP contribution in [0.25, 0.3) is 0 Å². The van der Waals surface area contributed by atoms with Crippen LogP contribution in [0.3, 0.4) is 0 Å². The van der Waals surface area contributed by atoms with Crippen molar-refractivity contribution in [2.75, 3.05) is 0 Å². The minimum Gasteiger partial charge on any atom is -0.436 e. The largest absolute Gasteiger partial charge is 0.436 e. The molecule has 2 rings (SSSR count). The highest BCUT2D eigenvalue weighted by molar-refractivity contribution is 6.35. The third-order valence-electron chi connectivity index (χ3n) is 1.97. The number of aliphatic hydroxyl groups is 1. The molecule has 0 aliphatic rings. The van der Waals surface area contributed by atoms with Gasteiger partial charge in [-0.1, -0.05) is 23.2 Å². The maximum absolute atomic E-state index is 8.81. The van der Waals surface area contributed by atoms with E-state index in [1.54, 1.807) is 30.3 Å². The summed E-state index contributed by atoms with van der Waals surface area (Å²) in [5.74, 6) is 0.744. The molecule has 0 atom stereocenters. The molecule has 0 bridgehead atoms. The molecule has 6 heteroatoms. The van der Waals surface area contributed by atoms with Gasteiger partial charge < -0.3 is 9.84 Å². The molecule has 0 radical (unpaired) electrons. The Hall–Kier alpha value is -1.36. The monoisotopic (exact) mass is 270 g/mol. The van der Waals surface area contributed by atoms with E-state index < -0.39 is 0 Å². The van der Waals surface area contributed by atoms with E-state index in [4.69, 9.17) is 33.0 Å². The van der Waals surface area contributed by atoms with E-state index in [2.05, 4.69) is 10.2 Å². The minimum atomic E-state index is -0.158. The zero-order chi connectivity index (χ0) is 12.3. The summed E-state index contributed by atoms with van der Waals surface area (Å²) < 4.78 is 5.42. The average Bonchev–Trinajstić information content (AvgIpc) is 2.34. The molecule has 0 spiro atoms. The Balaban J connectivity index is 2.19. The molecule has 0 saturated heterocycles. The fraction of sp³-hybridized carbons (Fsp3) is 0.0909. The number of aromatic nitrogens is 2. The average molecular weight is 271 g/mol. The lowest BCUT2D eigenvalue weighted by molar-refractivity contribution is 0.274. The summed E-state index contributed by atoms with van der Waals surface area (Å²) in [7, 11) is 0. The molecule has 1 aromatic carbocycles. The Morgan fingerprint density at radius 1 is 1.12 bits per heavy atom. The van der Waals surface area contributed by atoms with Crippen LogP contribution in [0.15, 0.2) is 30.3 Å². The molecule has 1 heterocycles. The van der Waals surface area contributed by atoms with E-state index in [-0.39, 0.29) is 6.61 Å². The first-order valence-electron chi connectivity index (χ1n) is 4.75. The molecular formula is C11H8Cl2N2O2. The van der Waals surface area contributed by atoms with E-state index >= 15 is 0 Å². The van der Waals surface area contributed by atoms with Crippen molar-refractivity contribution in [2.45, 2.75) is 6.61 Å². The summed E-state index contributed by atoms with van der Waals surface area (Å²) in [4.78, 5) is 0. The Labute approximate surface area is 108 Å². The molecule has 4 nitrogen and oxygen atoms in total.